The smallest absolute Gasteiger partial charge is 0.341 e. The Hall–Kier alpha value is -3.21. The van der Waals surface area contributed by atoms with Crippen molar-refractivity contribution in [1.82, 2.24) is 4.98 Å². The third-order valence-electron chi connectivity index (χ3n) is 4.23. The molecule has 0 saturated carbocycles. The highest BCUT2D eigenvalue weighted by molar-refractivity contribution is 6.04. The zero-order chi connectivity index (χ0) is 18.7. The maximum Gasteiger partial charge on any atom is 0.341 e. The number of aryl methyl sites for hydroxylation is 2. The predicted molar refractivity (Wildman–Crippen MR) is 101 cm³/mol. The van der Waals surface area contributed by atoms with E-state index in [-0.39, 0.29) is 5.91 Å². The average Bonchev–Trinajstić information content (AvgIpc) is 2.64. The highest BCUT2D eigenvalue weighted by Gasteiger charge is 2.21. The molecule has 5 heteroatoms. The number of pyridine rings is 1. The van der Waals surface area contributed by atoms with Crippen LogP contribution in [0.3, 0.4) is 0 Å². The van der Waals surface area contributed by atoms with Crippen LogP contribution in [-0.2, 0) is 9.53 Å². The van der Waals surface area contributed by atoms with Crippen molar-refractivity contribution in [2.24, 2.45) is 0 Å². The molecule has 0 aliphatic rings. The number of ether oxygens (including phenoxy) is 1. The van der Waals surface area contributed by atoms with Crippen LogP contribution in [-0.4, -0.2) is 23.0 Å². The maximum absolute atomic E-state index is 12.5. The molecule has 0 radical (unpaired) electrons. The van der Waals surface area contributed by atoms with Crippen molar-refractivity contribution < 1.29 is 14.3 Å². The number of rotatable bonds is 4. The highest BCUT2D eigenvalue weighted by atomic mass is 16.5. The summed E-state index contributed by atoms with van der Waals surface area (Å²) < 4.78 is 5.37. The monoisotopic (exact) mass is 348 g/mol. The van der Waals surface area contributed by atoms with Crippen LogP contribution in [0.4, 0.5) is 5.69 Å². The maximum atomic E-state index is 12.5. The number of hydrogen-bond acceptors (Lipinski definition) is 4. The number of amides is 1. The second kappa shape index (κ2) is 7.35. The Labute approximate surface area is 152 Å². The normalized spacial score (nSPS) is 11.8. The largest absolute Gasteiger partial charge is 0.449 e. The first kappa shape index (κ1) is 17.6. The van der Waals surface area contributed by atoms with E-state index in [4.69, 9.17) is 4.74 Å². The minimum absolute atomic E-state index is 0.342. The van der Waals surface area contributed by atoms with Gasteiger partial charge in [0.1, 0.15) is 0 Å². The van der Waals surface area contributed by atoms with Gasteiger partial charge in [0, 0.05) is 17.3 Å². The minimum Gasteiger partial charge on any atom is -0.449 e. The number of nitrogens with zero attached hydrogens (tertiary/aromatic N) is 1. The van der Waals surface area contributed by atoms with Gasteiger partial charge in [-0.2, -0.15) is 0 Å². The van der Waals surface area contributed by atoms with Crippen LogP contribution in [0.1, 0.15) is 28.4 Å². The number of hydrogen-bond donors (Lipinski definition) is 1. The first-order chi connectivity index (χ1) is 12.5. The highest BCUT2D eigenvalue weighted by Crippen LogP contribution is 2.21. The Balaban J connectivity index is 1.75. The Bertz CT molecular complexity index is 956. The van der Waals surface area contributed by atoms with Crippen molar-refractivity contribution in [3.05, 3.63) is 71.4 Å². The SMILES string of the molecule is Cc1cccc(C)c1NC(=O)[C@@H](C)OC(=O)c1cccc2cccnc12. The Morgan fingerprint density at radius 2 is 1.65 bits per heavy atom. The van der Waals surface area contributed by atoms with E-state index in [1.165, 1.54) is 0 Å². The summed E-state index contributed by atoms with van der Waals surface area (Å²) in [5, 5.41) is 3.68. The molecule has 2 aromatic carbocycles. The number of carbonyl (C=O) groups excluding carboxylic acids is 2. The van der Waals surface area contributed by atoms with Gasteiger partial charge in [0.15, 0.2) is 6.10 Å². The van der Waals surface area contributed by atoms with Gasteiger partial charge in [-0.1, -0.05) is 36.4 Å². The lowest BCUT2D eigenvalue weighted by atomic mass is 10.1. The second-order valence-electron chi connectivity index (χ2n) is 6.18. The van der Waals surface area contributed by atoms with Crippen molar-refractivity contribution in [2.75, 3.05) is 5.32 Å². The third-order valence-corrected chi connectivity index (χ3v) is 4.23. The van der Waals surface area contributed by atoms with E-state index in [9.17, 15) is 9.59 Å². The minimum atomic E-state index is -0.930. The molecule has 1 aromatic heterocycles. The zero-order valence-corrected chi connectivity index (χ0v) is 14.9. The van der Waals surface area contributed by atoms with E-state index in [1.807, 2.05) is 44.2 Å². The van der Waals surface area contributed by atoms with Crippen LogP contribution >= 0.6 is 0 Å². The van der Waals surface area contributed by atoms with Gasteiger partial charge in [-0.05, 0) is 44.0 Å². The fourth-order valence-electron chi connectivity index (χ4n) is 2.78. The van der Waals surface area contributed by atoms with Crippen LogP contribution in [0.25, 0.3) is 10.9 Å². The van der Waals surface area contributed by atoms with Gasteiger partial charge >= 0.3 is 5.97 Å². The van der Waals surface area contributed by atoms with Crippen LogP contribution in [0.5, 0.6) is 0 Å². The average molecular weight is 348 g/mol. The first-order valence-corrected chi connectivity index (χ1v) is 8.39. The fourth-order valence-corrected chi connectivity index (χ4v) is 2.78. The molecule has 0 fully saturated rings. The second-order valence-corrected chi connectivity index (χ2v) is 6.18. The number of benzene rings is 2. The standard InChI is InChI=1S/C21H20N2O3/c1-13-7-4-8-14(2)18(13)23-20(24)15(3)26-21(25)17-11-5-9-16-10-6-12-22-19(16)17/h4-12,15H,1-3H3,(H,23,24)/t15-/m1/s1. The van der Waals surface area contributed by atoms with Gasteiger partial charge < -0.3 is 10.1 Å². The van der Waals surface area contributed by atoms with Crippen LogP contribution in [0.2, 0.25) is 0 Å². The summed E-state index contributed by atoms with van der Waals surface area (Å²) in [7, 11) is 0. The fraction of sp³-hybridized carbons (Fsp3) is 0.190. The predicted octanol–water partition coefficient (Wildman–Crippen LogP) is 4.04. The molecule has 0 aliphatic heterocycles. The summed E-state index contributed by atoms with van der Waals surface area (Å²) in [6, 6.07) is 14.7. The summed E-state index contributed by atoms with van der Waals surface area (Å²) in [5.74, 6) is -0.942. The van der Waals surface area contributed by atoms with Gasteiger partial charge in [0.05, 0.1) is 11.1 Å². The molecule has 3 rings (SSSR count). The summed E-state index contributed by atoms with van der Waals surface area (Å²) in [6.07, 6.45) is 0.691. The van der Waals surface area contributed by atoms with Gasteiger partial charge in [-0.15, -0.1) is 0 Å². The van der Waals surface area contributed by atoms with E-state index < -0.39 is 12.1 Å². The van der Waals surface area contributed by atoms with Crippen molar-refractivity contribution >= 4 is 28.5 Å². The topological polar surface area (TPSA) is 68.3 Å². The molecule has 0 spiro atoms. The Morgan fingerprint density at radius 1 is 1.00 bits per heavy atom. The Morgan fingerprint density at radius 3 is 2.38 bits per heavy atom. The summed E-state index contributed by atoms with van der Waals surface area (Å²) in [5.41, 5.74) is 3.55. The molecule has 0 unspecified atom stereocenters. The molecule has 3 aromatic rings. The van der Waals surface area contributed by atoms with Crippen molar-refractivity contribution in [3.8, 4) is 0 Å². The van der Waals surface area contributed by atoms with Gasteiger partial charge in [-0.25, -0.2) is 4.79 Å². The molecule has 5 nitrogen and oxygen atoms in total. The lowest BCUT2D eigenvalue weighted by molar-refractivity contribution is -0.123. The number of nitrogens with one attached hydrogen (secondary N) is 1. The number of aromatic nitrogens is 1. The van der Waals surface area contributed by atoms with Crippen LogP contribution in [0.15, 0.2) is 54.7 Å². The first-order valence-electron chi connectivity index (χ1n) is 8.39. The molecule has 132 valence electrons. The summed E-state index contributed by atoms with van der Waals surface area (Å²) in [6.45, 7) is 5.39. The van der Waals surface area contributed by atoms with Crippen molar-refractivity contribution in [1.29, 1.82) is 0 Å². The summed E-state index contributed by atoms with van der Waals surface area (Å²) >= 11 is 0. The molecule has 1 heterocycles. The molecule has 1 atom stereocenters. The molecule has 1 N–H and O–H groups in total. The molecule has 1 amide bonds. The molecular formula is C21H20N2O3. The molecule has 0 bridgehead atoms. The lowest BCUT2D eigenvalue weighted by Crippen LogP contribution is -2.30. The van der Waals surface area contributed by atoms with Crippen molar-refractivity contribution in [2.45, 2.75) is 26.9 Å². The van der Waals surface area contributed by atoms with Crippen LogP contribution in [0, 0.1) is 13.8 Å². The van der Waals surface area contributed by atoms with E-state index >= 15 is 0 Å². The Kier molecular flexibility index (Phi) is 4.98. The number of fused-ring (bicyclic) bond motifs is 1. The number of para-hydroxylation sites is 2. The lowest BCUT2D eigenvalue weighted by Gasteiger charge is -2.16. The van der Waals surface area contributed by atoms with E-state index in [2.05, 4.69) is 10.3 Å². The number of carbonyl (C=O) groups is 2. The summed E-state index contributed by atoms with van der Waals surface area (Å²) in [4.78, 5) is 29.2. The van der Waals surface area contributed by atoms with E-state index in [0.29, 0.717) is 11.1 Å². The van der Waals surface area contributed by atoms with E-state index in [1.54, 1.807) is 31.3 Å². The van der Waals surface area contributed by atoms with Gasteiger partial charge in [0.2, 0.25) is 0 Å². The molecule has 26 heavy (non-hydrogen) atoms. The zero-order valence-electron chi connectivity index (χ0n) is 14.9. The number of anilines is 1. The molecule has 0 aliphatic carbocycles. The quantitative estimate of drug-likeness (QED) is 0.723. The van der Waals surface area contributed by atoms with Crippen LogP contribution < -0.4 is 5.32 Å². The molecular weight excluding hydrogens is 328 g/mol. The van der Waals surface area contributed by atoms with Gasteiger partial charge in [0.25, 0.3) is 5.91 Å². The van der Waals surface area contributed by atoms with E-state index in [0.717, 1.165) is 22.2 Å². The number of esters is 1. The molecule has 0 saturated heterocycles. The van der Waals surface area contributed by atoms with Crippen molar-refractivity contribution in [3.63, 3.8) is 0 Å². The third kappa shape index (κ3) is 3.57. The van der Waals surface area contributed by atoms with Gasteiger partial charge in [-0.3, -0.25) is 9.78 Å².